The van der Waals surface area contributed by atoms with Crippen LogP contribution in [0, 0.1) is 0 Å². The van der Waals surface area contributed by atoms with Gasteiger partial charge in [0.05, 0.1) is 42.2 Å². The second-order valence-corrected chi connectivity index (χ2v) is 11.7. The van der Waals surface area contributed by atoms with E-state index < -0.39 is 18.0 Å². The second-order valence-electron chi connectivity index (χ2n) is 10.3. The Hall–Kier alpha value is -4.87. The van der Waals surface area contributed by atoms with E-state index in [2.05, 4.69) is 9.73 Å². The highest BCUT2D eigenvalue weighted by Crippen LogP contribution is 2.36. The van der Waals surface area contributed by atoms with Gasteiger partial charge in [-0.25, -0.2) is 14.6 Å². The number of halogens is 1. The Labute approximate surface area is 280 Å². The molecular weight excluding hydrogens is 644 g/mol. The van der Waals surface area contributed by atoms with Crippen molar-refractivity contribution in [2.75, 3.05) is 26.9 Å². The van der Waals surface area contributed by atoms with Crippen LogP contribution in [-0.4, -0.2) is 43.4 Å². The van der Waals surface area contributed by atoms with Gasteiger partial charge in [-0.05, 0) is 79.9 Å². The van der Waals surface area contributed by atoms with Crippen molar-refractivity contribution in [3.63, 3.8) is 0 Å². The second kappa shape index (κ2) is 15.1. The number of hydrogen-bond donors (Lipinski definition) is 0. The summed E-state index contributed by atoms with van der Waals surface area (Å²) in [6, 6.07) is 19.0. The number of aromatic nitrogens is 1. The van der Waals surface area contributed by atoms with Crippen molar-refractivity contribution in [3.05, 3.63) is 119 Å². The lowest BCUT2D eigenvalue weighted by molar-refractivity contribution is -0.143. The lowest BCUT2D eigenvalue weighted by atomic mass is 9.95. The summed E-state index contributed by atoms with van der Waals surface area (Å²) in [5.74, 6) is 0.153. The number of fused-ring (bicyclic) bond motifs is 1. The van der Waals surface area contributed by atoms with Gasteiger partial charge in [0, 0.05) is 5.02 Å². The number of rotatable bonds is 12. The Morgan fingerprint density at radius 1 is 0.979 bits per heavy atom. The third-order valence-corrected chi connectivity index (χ3v) is 8.38. The largest absolute Gasteiger partial charge is 0.490 e. The molecule has 1 aliphatic rings. The van der Waals surface area contributed by atoms with Crippen LogP contribution < -0.4 is 29.1 Å². The highest BCUT2D eigenvalue weighted by molar-refractivity contribution is 7.07. The van der Waals surface area contributed by atoms with Gasteiger partial charge in [0.15, 0.2) is 22.9 Å². The first kappa shape index (κ1) is 33.5. The van der Waals surface area contributed by atoms with Crippen LogP contribution in [0.4, 0.5) is 0 Å². The summed E-state index contributed by atoms with van der Waals surface area (Å²) in [6.45, 7) is 5.74. The van der Waals surface area contributed by atoms with E-state index in [0.29, 0.717) is 56.1 Å². The van der Waals surface area contributed by atoms with Crippen LogP contribution in [0.2, 0.25) is 5.02 Å². The van der Waals surface area contributed by atoms with E-state index in [1.54, 1.807) is 38.1 Å². The molecule has 0 radical (unpaired) electrons. The molecule has 0 bridgehead atoms. The molecule has 5 rings (SSSR count). The molecule has 0 fully saturated rings. The van der Waals surface area contributed by atoms with Crippen LogP contribution in [0.1, 0.15) is 43.5 Å². The van der Waals surface area contributed by atoms with E-state index in [4.69, 9.17) is 30.5 Å². The minimum atomic E-state index is -0.865. The Bertz CT molecular complexity index is 2000. The van der Waals surface area contributed by atoms with E-state index >= 15 is 0 Å². The van der Waals surface area contributed by atoms with Crippen LogP contribution in [0.15, 0.2) is 87.8 Å². The molecule has 1 aromatic heterocycles. The SMILES string of the molecule is CCOC(=O)C1=C(C)N=c2s/c(=C/c3cccc(OCc4ccc(Cl)cc4)c3)c(=O)n2[C@@H]1c1ccc(OCC(=O)OC)c(OCC)c1. The summed E-state index contributed by atoms with van der Waals surface area (Å²) in [5.41, 5.74) is 2.63. The van der Waals surface area contributed by atoms with Gasteiger partial charge in [-0.15, -0.1) is 0 Å². The minimum Gasteiger partial charge on any atom is -0.490 e. The van der Waals surface area contributed by atoms with Gasteiger partial charge in [0.2, 0.25) is 0 Å². The number of ether oxygens (including phenoxy) is 5. The zero-order chi connectivity index (χ0) is 33.5. The molecular formula is C35H33ClN2O8S. The van der Waals surface area contributed by atoms with Crippen LogP contribution in [0.25, 0.3) is 6.08 Å². The molecule has 0 saturated heterocycles. The molecule has 0 N–H and O–H groups in total. The third kappa shape index (κ3) is 7.75. The van der Waals surface area contributed by atoms with Gasteiger partial charge in [0.25, 0.3) is 5.56 Å². The van der Waals surface area contributed by atoms with Gasteiger partial charge >= 0.3 is 11.9 Å². The fraction of sp³-hybridized carbons (Fsp3) is 0.257. The first-order valence-electron chi connectivity index (χ1n) is 14.9. The molecule has 47 heavy (non-hydrogen) atoms. The molecule has 2 heterocycles. The molecule has 0 spiro atoms. The average Bonchev–Trinajstić information content (AvgIpc) is 3.36. The zero-order valence-electron chi connectivity index (χ0n) is 26.3. The first-order valence-corrected chi connectivity index (χ1v) is 16.0. The zero-order valence-corrected chi connectivity index (χ0v) is 27.9. The predicted molar refractivity (Wildman–Crippen MR) is 178 cm³/mol. The Balaban J connectivity index is 1.55. The number of nitrogens with zero attached hydrogens (tertiary/aromatic N) is 2. The third-order valence-electron chi connectivity index (χ3n) is 7.15. The van der Waals surface area contributed by atoms with Crippen LogP contribution in [-0.2, 0) is 25.7 Å². The lowest BCUT2D eigenvalue weighted by Gasteiger charge is -2.25. The van der Waals surface area contributed by atoms with Crippen molar-refractivity contribution >= 4 is 41.0 Å². The van der Waals surface area contributed by atoms with Gasteiger partial charge in [-0.2, -0.15) is 0 Å². The smallest absolute Gasteiger partial charge is 0.343 e. The summed E-state index contributed by atoms with van der Waals surface area (Å²) < 4.78 is 29.5. The number of methoxy groups -OCH3 is 1. The Morgan fingerprint density at radius 2 is 1.77 bits per heavy atom. The van der Waals surface area contributed by atoms with Crippen molar-refractivity contribution in [3.8, 4) is 17.2 Å². The Morgan fingerprint density at radius 3 is 2.49 bits per heavy atom. The highest BCUT2D eigenvalue weighted by atomic mass is 35.5. The molecule has 10 nitrogen and oxygen atoms in total. The fourth-order valence-corrected chi connectivity index (χ4v) is 6.15. The number of allylic oxidation sites excluding steroid dienone is 1. The number of hydrogen-bond acceptors (Lipinski definition) is 10. The van der Waals surface area contributed by atoms with Crippen molar-refractivity contribution in [2.24, 2.45) is 4.99 Å². The summed E-state index contributed by atoms with van der Waals surface area (Å²) in [6.07, 6.45) is 1.77. The fourth-order valence-electron chi connectivity index (χ4n) is 4.98. The average molecular weight is 677 g/mol. The van der Waals surface area contributed by atoms with Gasteiger partial charge in [-0.3, -0.25) is 9.36 Å². The standard InChI is InChI=1S/C35H33ClN2O8S/c1-5-43-28-18-24(12-15-27(28)46-20-30(39)42-4)32-31(34(41)44-6-2)21(3)37-35-38(32)33(40)29(47-35)17-23-8-7-9-26(16-23)45-19-22-10-13-25(36)14-11-22/h7-18,32H,5-6,19-20H2,1-4H3/b29-17+/t32-/m1/s1. The molecule has 1 atom stereocenters. The first-order chi connectivity index (χ1) is 22.7. The maximum atomic E-state index is 14.1. The van der Waals surface area contributed by atoms with Gasteiger partial charge < -0.3 is 23.7 Å². The molecule has 0 saturated carbocycles. The van der Waals surface area contributed by atoms with Crippen LogP contribution in [0.3, 0.4) is 0 Å². The summed E-state index contributed by atoms with van der Waals surface area (Å²) in [7, 11) is 1.27. The van der Waals surface area contributed by atoms with Crippen LogP contribution in [0.5, 0.6) is 17.2 Å². The van der Waals surface area contributed by atoms with Gasteiger partial charge in [-0.1, -0.05) is 53.3 Å². The van der Waals surface area contributed by atoms with Crippen molar-refractivity contribution < 1.29 is 33.3 Å². The molecule has 1 aliphatic heterocycles. The van der Waals surface area contributed by atoms with Crippen LogP contribution >= 0.6 is 22.9 Å². The summed E-state index contributed by atoms with van der Waals surface area (Å²) >= 11 is 7.21. The molecule has 0 unspecified atom stereocenters. The van der Waals surface area contributed by atoms with Crippen molar-refractivity contribution in [2.45, 2.75) is 33.4 Å². The molecule has 0 amide bonds. The quantitative estimate of drug-likeness (QED) is 0.193. The normalized spacial score (nSPS) is 14.2. The number of thiazole rings is 1. The molecule has 12 heteroatoms. The van der Waals surface area contributed by atoms with E-state index in [9.17, 15) is 14.4 Å². The van der Waals surface area contributed by atoms with Crippen molar-refractivity contribution in [1.29, 1.82) is 0 Å². The predicted octanol–water partition coefficient (Wildman–Crippen LogP) is 4.98. The lowest BCUT2D eigenvalue weighted by Crippen LogP contribution is -2.40. The maximum absolute atomic E-state index is 14.1. The molecule has 3 aromatic carbocycles. The minimum absolute atomic E-state index is 0.147. The number of carbonyl (C=O) groups is 2. The topological polar surface area (TPSA) is 115 Å². The molecule has 0 aliphatic carbocycles. The van der Waals surface area contributed by atoms with E-state index in [1.165, 1.54) is 23.0 Å². The van der Waals surface area contributed by atoms with E-state index in [1.807, 2.05) is 55.5 Å². The highest BCUT2D eigenvalue weighted by Gasteiger charge is 2.34. The Kier molecular flexibility index (Phi) is 10.8. The summed E-state index contributed by atoms with van der Waals surface area (Å²) in [5, 5.41) is 0.653. The maximum Gasteiger partial charge on any atom is 0.343 e. The molecule has 244 valence electrons. The van der Waals surface area contributed by atoms with E-state index in [0.717, 1.165) is 11.1 Å². The monoisotopic (exact) mass is 676 g/mol. The number of carbonyl (C=O) groups excluding carboxylic acids is 2. The number of benzene rings is 3. The molecule has 4 aromatic rings. The number of esters is 2. The summed E-state index contributed by atoms with van der Waals surface area (Å²) in [4.78, 5) is 44.2. The van der Waals surface area contributed by atoms with Crippen molar-refractivity contribution in [1.82, 2.24) is 4.57 Å². The van der Waals surface area contributed by atoms with E-state index in [-0.39, 0.29) is 24.3 Å². The van der Waals surface area contributed by atoms with Gasteiger partial charge in [0.1, 0.15) is 12.4 Å².